The van der Waals surface area contributed by atoms with E-state index in [4.69, 9.17) is 0 Å². The van der Waals surface area contributed by atoms with Crippen molar-refractivity contribution in [3.8, 4) is 0 Å². The topological polar surface area (TPSA) is 40.5 Å². The van der Waals surface area contributed by atoms with Gasteiger partial charge in [-0.1, -0.05) is 61.9 Å². The number of fused-ring (bicyclic) bond motifs is 5. The average molecular weight is 379 g/mol. The minimum Gasteiger partial charge on any atom is -0.393 e. The Morgan fingerprint density at radius 3 is 2.54 bits per heavy atom. The second-order valence-electron chi connectivity index (χ2n) is 10.4. The fourth-order valence-corrected chi connectivity index (χ4v) is 7.40. The van der Waals surface area contributed by atoms with Crippen molar-refractivity contribution in [1.82, 2.24) is 0 Å². The van der Waals surface area contributed by atoms with Crippen LogP contribution in [0.1, 0.15) is 64.4 Å². The number of hydrogen-bond donors (Lipinski definition) is 2. The number of benzene rings is 1. The van der Waals surface area contributed by atoms with Gasteiger partial charge in [0.1, 0.15) is 0 Å². The van der Waals surface area contributed by atoms with Gasteiger partial charge in [-0.3, -0.25) is 0 Å². The van der Waals surface area contributed by atoms with Crippen LogP contribution in [0, 0.1) is 28.6 Å². The van der Waals surface area contributed by atoms with Crippen LogP contribution >= 0.6 is 0 Å². The van der Waals surface area contributed by atoms with Crippen LogP contribution in [0.4, 0.5) is 0 Å². The van der Waals surface area contributed by atoms with E-state index in [2.05, 4.69) is 50.3 Å². The minimum atomic E-state index is -0.315. The molecule has 0 aromatic heterocycles. The predicted octanol–water partition coefficient (Wildman–Crippen LogP) is 5.36. The van der Waals surface area contributed by atoms with Crippen molar-refractivity contribution in [1.29, 1.82) is 0 Å². The highest BCUT2D eigenvalue weighted by Crippen LogP contribution is 2.65. The van der Waals surface area contributed by atoms with Gasteiger partial charge < -0.3 is 10.2 Å². The quantitative estimate of drug-likeness (QED) is 0.646. The summed E-state index contributed by atoms with van der Waals surface area (Å²) >= 11 is 0. The van der Waals surface area contributed by atoms with Gasteiger partial charge in [-0.05, 0) is 79.3 Å². The van der Waals surface area contributed by atoms with E-state index < -0.39 is 0 Å². The molecule has 5 rings (SSSR count). The zero-order valence-corrected chi connectivity index (χ0v) is 17.3. The first kappa shape index (κ1) is 18.6. The van der Waals surface area contributed by atoms with E-state index in [-0.39, 0.29) is 23.0 Å². The summed E-state index contributed by atoms with van der Waals surface area (Å²) in [6.07, 6.45) is 11.7. The van der Waals surface area contributed by atoms with E-state index in [1.807, 2.05) is 6.07 Å². The maximum Gasteiger partial charge on any atom is 0.0809 e. The highest BCUT2D eigenvalue weighted by molar-refractivity contribution is 5.55. The lowest BCUT2D eigenvalue weighted by Crippen LogP contribution is -2.51. The molecule has 4 aliphatic carbocycles. The standard InChI is InChI=1S/C26H34O2/c1-25-12-10-20(27)16-19(25)8-9-21-22(25)11-13-26(2)23(21)15-18(24(26)28)14-17-6-4-3-5-7-17/h3-8,14,20-24,27-28H,9-13,15-16H2,1-2H3/b18-14-/t20-,21-,22+,23+,24+,25-,26-/m0/s1. The normalized spacial score (nSPS) is 46.5. The van der Waals surface area contributed by atoms with E-state index in [1.165, 1.54) is 23.1 Å². The molecular weight excluding hydrogens is 344 g/mol. The molecule has 0 saturated heterocycles. The molecule has 0 heterocycles. The summed E-state index contributed by atoms with van der Waals surface area (Å²) in [6.45, 7) is 4.81. The maximum atomic E-state index is 11.3. The van der Waals surface area contributed by atoms with Crippen LogP contribution in [-0.2, 0) is 0 Å². The van der Waals surface area contributed by atoms with Gasteiger partial charge in [0, 0.05) is 5.41 Å². The highest BCUT2D eigenvalue weighted by atomic mass is 16.3. The molecule has 0 radical (unpaired) electrons. The molecule has 0 aliphatic heterocycles. The molecule has 2 nitrogen and oxygen atoms in total. The monoisotopic (exact) mass is 378 g/mol. The molecule has 1 aromatic carbocycles. The Hall–Kier alpha value is -1.38. The Morgan fingerprint density at radius 1 is 0.964 bits per heavy atom. The molecule has 2 heteroatoms. The van der Waals surface area contributed by atoms with E-state index >= 15 is 0 Å². The summed E-state index contributed by atoms with van der Waals surface area (Å²) < 4.78 is 0. The summed E-state index contributed by atoms with van der Waals surface area (Å²) in [4.78, 5) is 0. The predicted molar refractivity (Wildman–Crippen MR) is 114 cm³/mol. The molecule has 0 amide bonds. The van der Waals surface area contributed by atoms with Crippen LogP contribution in [-0.4, -0.2) is 22.4 Å². The second kappa shape index (κ2) is 6.57. The van der Waals surface area contributed by atoms with Crippen molar-refractivity contribution >= 4 is 6.08 Å². The largest absolute Gasteiger partial charge is 0.393 e. The van der Waals surface area contributed by atoms with Gasteiger partial charge in [-0.15, -0.1) is 0 Å². The second-order valence-corrected chi connectivity index (χ2v) is 10.4. The van der Waals surface area contributed by atoms with Crippen LogP contribution in [0.2, 0.25) is 0 Å². The minimum absolute atomic E-state index is 0.0116. The van der Waals surface area contributed by atoms with Gasteiger partial charge >= 0.3 is 0 Å². The third-order valence-electron chi connectivity index (χ3n) is 9.10. The van der Waals surface area contributed by atoms with Crippen LogP contribution in [0.3, 0.4) is 0 Å². The van der Waals surface area contributed by atoms with Gasteiger partial charge in [0.05, 0.1) is 12.2 Å². The maximum absolute atomic E-state index is 11.3. The van der Waals surface area contributed by atoms with E-state index in [9.17, 15) is 10.2 Å². The van der Waals surface area contributed by atoms with Crippen molar-refractivity contribution in [3.05, 3.63) is 53.1 Å². The molecule has 2 N–H and O–H groups in total. The number of rotatable bonds is 1. The van der Waals surface area contributed by atoms with Gasteiger partial charge in [0.2, 0.25) is 0 Å². The van der Waals surface area contributed by atoms with Crippen molar-refractivity contribution in [3.63, 3.8) is 0 Å². The molecule has 3 fully saturated rings. The van der Waals surface area contributed by atoms with Crippen molar-refractivity contribution < 1.29 is 10.2 Å². The van der Waals surface area contributed by atoms with Crippen LogP contribution < -0.4 is 0 Å². The van der Waals surface area contributed by atoms with Crippen LogP contribution in [0.25, 0.3) is 6.08 Å². The lowest BCUT2D eigenvalue weighted by atomic mass is 9.48. The lowest BCUT2D eigenvalue weighted by Gasteiger charge is -2.57. The Bertz CT molecular complexity index is 809. The zero-order chi connectivity index (χ0) is 19.5. The molecule has 1 aromatic rings. The number of aliphatic hydroxyl groups excluding tert-OH is 2. The fraction of sp³-hybridized carbons (Fsp3) is 0.615. The summed E-state index contributed by atoms with van der Waals surface area (Å²) in [6, 6.07) is 10.5. The van der Waals surface area contributed by atoms with Gasteiger partial charge in [-0.2, -0.15) is 0 Å². The Labute approximate surface area is 169 Å². The SMILES string of the molecule is C[C@]12CC[C@@H]3[C@H](CC=C4C[C@@H](O)CC[C@@]43C)[C@H]1C/C(=C/c1ccccc1)[C@H]2O. The van der Waals surface area contributed by atoms with Crippen LogP contribution in [0.5, 0.6) is 0 Å². The Morgan fingerprint density at radius 2 is 1.75 bits per heavy atom. The smallest absolute Gasteiger partial charge is 0.0809 e. The first-order valence-corrected chi connectivity index (χ1v) is 11.2. The number of allylic oxidation sites excluding steroid dienone is 1. The van der Waals surface area contributed by atoms with Crippen molar-refractivity contribution in [2.75, 3.05) is 0 Å². The fourth-order valence-electron chi connectivity index (χ4n) is 7.40. The molecule has 0 unspecified atom stereocenters. The molecular formula is C26H34O2. The van der Waals surface area contributed by atoms with Crippen LogP contribution in [0.15, 0.2) is 47.6 Å². The van der Waals surface area contributed by atoms with E-state index in [0.717, 1.165) is 38.5 Å². The molecule has 7 atom stereocenters. The average Bonchev–Trinajstić information content (AvgIpc) is 2.94. The molecule has 150 valence electrons. The zero-order valence-electron chi connectivity index (χ0n) is 17.3. The summed E-state index contributed by atoms with van der Waals surface area (Å²) in [5.41, 5.74) is 4.24. The third kappa shape index (κ3) is 2.68. The number of hydrogen-bond acceptors (Lipinski definition) is 2. The Balaban J connectivity index is 1.47. The first-order chi connectivity index (χ1) is 13.4. The van der Waals surface area contributed by atoms with Gasteiger partial charge in [-0.25, -0.2) is 0 Å². The van der Waals surface area contributed by atoms with Gasteiger partial charge in [0.15, 0.2) is 0 Å². The molecule has 0 spiro atoms. The molecule has 4 aliphatic rings. The highest BCUT2D eigenvalue weighted by Gasteiger charge is 2.59. The van der Waals surface area contributed by atoms with Crippen molar-refractivity contribution in [2.24, 2.45) is 28.6 Å². The summed E-state index contributed by atoms with van der Waals surface area (Å²) in [7, 11) is 0. The van der Waals surface area contributed by atoms with E-state index in [1.54, 1.807) is 0 Å². The Kier molecular flexibility index (Phi) is 4.37. The lowest BCUT2D eigenvalue weighted by molar-refractivity contribution is -0.0685. The molecule has 0 bridgehead atoms. The van der Waals surface area contributed by atoms with Gasteiger partial charge in [0.25, 0.3) is 0 Å². The molecule has 3 saturated carbocycles. The van der Waals surface area contributed by atoms with E-state index in [0.29, 0.717) is 17.8 Å². The number of aliphatic hydroxyl groups is 2. The summed E-state index contributed by atoms with van der Waals surface area (Å²) in [5, 5.41) is 21.5. The van der Waals surface area contributed by atoms with Crippen molar-refractivity contribution in [2.45, 2.75) is 71.0 Å². The molecule has 28 heavy (non-hydrogen) atoms. The third-order valence-corrected chi connectivity index (χ3v) is 9.10. The first-order valence-electron chi connectivity index (χ1n) is 11.2. The summed E-state index contributed by atoms with van der Waals surface area (Å²) in [5.74, 6) is 1.94.